The van der Waals surface area contributed by atoms with Crippen LogP contribution in [0.4, 0.5) is 0 Å². The number of ketones is 1. The maximum Gasteiger partial charge on any atom is 0.136 e. The zero-order chi connectivity index (χ0) is 15.9. The van der Waals surface area contributed by atoms with E-state index in [0.717, 1.165) is 19.3 Å². The van der Waals surface area contributed by atoms with Gasteiger partial charge in [-0.15, -0.1) is 0 Å². The van der Waals surface area contributed by atoms with Crippen molar-refractivity contribution in [2.24, 2.45) is 17.3 Å². The van der Waals surface area contributed by atoms with E-state index >= 15 is 0 Å². The third kappa shape index (κ3) is 2.37. The van der Waals surface area contributed by atoms with E-state index in [-0.39, 0.29) is 11.3 Å². The van der Waals surface area contributed by atoms with E-state index in [2.05, 4.69) is 26.8 Å². The summed E-state index contributed by atoms with van der Waals surface area (Å²) in [5.41, 5.74) is 2.79. The van der Waals surface area contributed by atoms with Gasteiger partial charge in [0.2, 0.25) is 0 Å². The summed E-state index contributed by atoms with van der Waals surface area (Å²) in [7, 11) is 0. The average Bonchev–Trinajstić information content (AvgIpc) is 2.49. The van der Waals surface area contributed by atoms with E-state index in [1.54, 1.807) is 6.07 Å². The Morgan fingerprint density at radius 3 is 2.86 bits per heavy atom. The van der Waals surface area contributed by atoms with Gasteiger partial charge in [0.05, 0.1) is 0 Å². The zero-order valence-corrected chi connectivity index (χ0v) is 14.1. The molecular weight excluding hydrogens is 272 g/mol. The Morgan fingerprint density at radius 1 is 1.36 bits per heavy atom. The first-order valence-corrected chi connectivity index (χ1v) is 8.82. The van der Waals surface area contributed by atoms with Crippen LogP contribution in [0.2, 0.25) is 0 Å². The highest BCUT2D eigenvalue weighted by molar-refractivity contribution is 5.83. The molecular formula is C20H28O2. The number of carbonyl (C=O) groups is 1. The highest BCUT2D eigenvalue weighted by Crippen LogP contribution is 2.58. The summed E-state index contributed by atoms with van der Waals surface area (Å²) in [5.74, 6) is 1.72. The van der Waals surface area contributed by atoms with Crippen LogP contribution in [0.3, 0.4) is 0 Å². The van der Waals surface area contributed by atoms with Crippen LogP contribution in [0.5, 0.6) is 5.75 Å². The van der Waals surface area contributed by atoms with Crippen molar-refractivity contribution in [1.29, 1.82) is 0 Å². The van der Waals surface area contributed by atoms with Crippen LogP contribution >= 0.6 is 0 Å². The first-order valence-electron chi connectivity index (χ1n) is 8.82. The summed E-state index contributed by atoms with van der Waals surface area (Å²) in [6.45, 7) is 6.76. The largest absolute Gasteiger partial charge is 0.508 e. The number of carbonyl (C=O) groups excluding carboxylic acids is 1. The van der Waals surface area contributed by atoms with Crippen molar-refractivity contribution in [3.8, 4) is 5.75 Å². The van der Waals surface area contributed by atoms with Gasteiger partial charge in [0.25, 0.3) is 0 Å². The molecule has 1 N–H and O–H groups in total. The molecule has 0 spiro atoms. The Kier molecular flexibility index (Phi) is 4.05. The fourth-order valence-electron chi connectivity index (χ4n) is 5.06. The zero-order valence-electron chi connectivity index (χ0n) is 14.1. The molecule has 2 heteroatoms. The monoisotopic (exact) mass is 300 g/mol. The molecule has 120 valence electrons. The van der Waals surface area contributed by atoms with Gasteiger partial charge in [-0.05, 0) is 59.8 Å². The van der Waals surface area contributed by atoms with Gasteiger partial charge in [0.1, 0.15) is 11.5 Å². The number of benzene rings is 1. The lowest BCUT2D eigenvalue weighted by Crippen LogP contribution is -2.48. The highest BCUT2D eigenvalue weighted by atomic mass is 16.3. The van der Waals surface area contributed by atoms with Gasteiger partial charge >= 0.3 is 0 Å². The van der Waals surface area contributed by atoms with Gasteiger partial charge in [0.15, 0.2) is 0 Å². The van der Waals surface area contributed by atoms with Crippen LogP contribution in [0.15, 0.2) is 18.2 Å². The van der Waals surface area contributed by atoms with E-state index in [1.165, 1.54) is 30.4 Å². The number of phenols is 1. The maximum atomic E-state index is 12.6. The van der Waals surface area contributed by atoms with Gasteiger partial charge < -0.3 is 5.11 Å². The Bertz CT molecular complexity index is 577. The average molecular weight is 300 g/mol. The lowest BCUT2D eigenvalue weighted by atomic mass is 9.50. The summed E-state index contributed by atoms with van der Waals surface area (Å²) in [5, 5.41) is 9.77. The maximum absolute atomic E-state index is 12.6. The molecule has 1 aromatic carbocycles. The molecule has 0 radical (unpaired) electrons. The first kappa shape index (κ1) is 15.6. The van der Waals surface area contributed by atoms with Gasteiger partial charge in [-0.1, -0.05) is 39.7 Å². The van der Waals surface area contributed by atoms with Crippen LogP contribution in [-0.2, 0) is 11.2 Å². The Morgan fingerprint density at radius 2 is 2.14 bits per heavy atom. The number of rotatable bonds is 3. The second kappa shape index (κ2) is 5.72. The van der Waals surface area contributed by atoms with E-state index < -0.39 is 0 Å². The molecule has 1 fully saturated rings. The molecule has 2 nitrogen and oxygen atoms in total. The van der Waals surface area contributed by atoms with Gasteiger partial charge in [-0.25, -0.2) is 0 Å². The molecule has 0 aliphatic heterocycles. The van der Waals surface area contributed by atoms with E-state index in [9.17, 15) is 9.90 Å². The lowest BCUT2D eigenvalue weighted by molar-refractivity contribution is -0.132. The number of Topliss-reactive ketones (excluding diaryl/α,β-unsaturated/α-hetero) is 1. The van der Waals surface area contributed by atoms with Crippen LogP contribution < -0.4 is 0 Å². The van der Waals surface area contributed by atoms with Crippen molar-refractivity contribution in [3.63, 3.8) is 0 Å². The third-order valence-electron chi connectivity index (χ3n) is 6.40. The number of hydrogen-bond acceptors (Lipinski definition) is 2. The summed E-state index contributed by atoms with van der Waals surface area (Å²) in [6, 6.07) is 5.76. The minimum Gasteiger partial charge on any atom is -0.508 e. The van der Waals surface area contributed by atoms with E-state index in [1.807, 2.05) is 6.07 Å². The van der Waals surface area contributed by atoms with Gasteiger partial charge in [-0.3, -0.25) is 4.79 Å². The fourth-order valence-corrected chi connectivity index (χ4v) is 5.06. The normalized spacial score (nSPS) is 34.1. The van der Waals surface area contributed by atoms with Crippen molar-refractivity contribution >= 4 is 5.78 Å². The third-order valence-corrected chi connectivity index (χ3v) is 6.40. The number of fused-ring (bicyclic) bond motifs is 3. The molecule has 22 heavy (non-hydrogen) atoms. The van der Waals surface area contributed by atoms with Gasteiger partial charge in [0, 0.05) is 12.3 Å². The number of aryl methyl sites for hydroxylation is 1. The van der Waals surface area contributed by atoms with Crippen molar-refractivity contribution < 1.29 is 9.90 Å². The minimum absolute atomic E-state index is 0.103. The second-order valence-electron chi connectivity index (χ2n) is 7.66. The van der Waals surface area contributed by atoms with Crippen LogP contribution in [0, 0.1) is 17.3 Å². The van der Waals surface area contributed by atoms with E-state index in [0.29, 0.717) is 23.4 Å². The minimum atomic E-state index is 0.103. The summed E-state index contributed by atoms with van der Waals surface area (Å²) in [4.78, 5) is 12.6. The van der Waals surface area contributed by atoms with Crippen molar-refractivity contribution in [2.45, 2.75) is 65.2 Å². The van der Waals surface area contributed by atoms with Crippen LogP contribution in [0.1, 0.15) is 69.9 Å². The highest BCUT2D eigenvalue weighted by Gasteiger charge is 2.52. The molecule has 0 bridgehead atoms. The summed E-state index contributed by atoms with van der Waals surface area (Å²) >= 11 is 0. The molecule has 0 amide bonds. The second-order valence-corrected chi connectivity index (χ2v) is 7.66. The predicted octanol–water partition coefficient (Wildman–Crippen LogP) is 4.84. The first-order chi connectivity index (χ1) is 10.5. The number of phenolic OH excluding ortho intramolecular Hbond substituents is 1. The smallest absolute Gasteiger partial charge is 0.136 e. The number of unbranched alkanes of at least 4 members (excludes halogenated alkanes) is 1. The molecule has 1 aromatic rings. The Labute approximate surface area is 133 Å². The standard InChI is InChI=1S/C20H28O2/c1-4-5-6-15-12-18(22)13(2)19-17-8-7-16(21)11-14(17)9-10-20(15,19)3/h7-8,11,13,15,19,21H,4-6,9-10,12H2,1-3H3. The van der Waals surface area contributed by atoms with E-state index in [4.69, 9.17) is 0 Å². The molecule has 0 heterocycles. The molecule has 4 unspecified atom stereocenters. The lowest BCUT2D eigenvalue weighted by Gasteiger charge is -2.53. The summed E-state index contributed by atoms with van der Waals surface area (Å²) < 4.78 is 0. The van der Waals surface area contributed by atoms with Crippen molar-refractivity contribution in [3.05, 3.63) is 29.3 Å². The molecule has 0 saturated heterocycles. The molecule has 1 saturated carbocycles. The van der Waals surface area contributed by atoms with Crippen LogP contribution in [-0.4, -0.2) is 10.9 Å². The SMILES string of the molecule is CCCCC1CC(=O)C(C)C2c3ccc(O)cc3CCC12C. The topological polar surface area (TPSA) is 37.3 Å². The number of hydrogen-bond donors (Lipinski definition) is 1. The Balaban J connectivity index is 2.03. The quantitative estimate of drug-likeness (QED) is 0.867. The number of aromatic hydroxyl groups is 1. The Hall–Kier alpha value is -1.31. The van der Waals surface area contributed by atoms with Crippen molar-refractivity contribution in [2.75, 3.05) is 0 Å². The molecule has 2 aliphatic rings. The molecule has 0 aromatic heterocycles. The predicted molar refractivity (Wildman–Crippen MR) is 89.1 cm³/mol. The molecule has 4 atom stereocenters. The fraction of sp³-hybridized carbons (Fsp3) is 0.650. The van der Waals surface area contributed by atoms with Gasteiger partial charge in [-0.2, -0.15) is 0 Å². The molecule has 3 rings (SSSR count). The molecule has 2 aliphatic carbocycles. The summed E-state index contributed by atoms with van der Waals surface area (Å²) in [6.07, 6.45) is 6.53. The van der Waals surface area contributed by atoms with Crippen LogP contribution in [0.25, 0.3) is 0 Å². The van der Waals surface area contributed by atoms with Crippen molar-refractivity contribution in [1.82, 2.24) is 0 Å².